The molecule has 0 spiro atoms. The fourth-order valence-electron chi connectivity index (χ4n) is 3.01. The van der Waals surface area contributed by atoms with Crippen molar-refractivity contribution in [2.75, 3.05) is 20.2 Å². The van der Waals surface area contributed by atoms with Crippen LogP contribution in [0.4, 0.5) is 10.5 Å². The number of likely N-dealkylation sites (tertiary alicyclic amines) is 1. The van der Waals surface area contributed by atoms with Gasteiger partial charge in [0.05, 0.1) is 7.11 Å². The zero-order chi connectivity index (χ0) is 19.9. The standard InChI is InChI=1S/C18H28N2O4.C2H6/c1-12-10-14(11-15(16(12)21)19-23-5)13-6-8-20(9-7-13)17(22)24-18(2,3)4;1-2/h10-11,13,19,21H,6-9H2,1-5H3;1-2H3/p+1. The number of aromatic hydroxyl groups is 1. The Hall–Kier alpha value is -1.79. The minimum Gasteiger partial charge on any atom is -0.502 e. The Balaban J connectivity index is 0.00000163. The molecule has 1 aromatic rings. The van der Waals surface area contributed by atoms with E-state index in [1.165, 1.54) is 5.56 Å². The molecule has 1 aliphatic heterocycles. The lowest BCUT2D eigenvalue weighted by molar-refractivity contribution is -0.830. The van der Waals surface area contributed by atoms with E-state index in [-0.39, 0.29) is 11.8 Å². The van der Waals surface area contributed by atoms with Crippen LogP contribution in [0.3, 0.4) is 0 Å². The summed E-state index contributed by atoms with van der Waals surface area (Å²) in [6.07, 6.45) is 1.53. The van der Waals surface area contributed by atoms with Crippen LogP contribution in [0.1, 0.15) is 64.5 Å². The Morgan fingerprint density at radius 2 is 1.81 bits per heavy atom. The molecule has 6 nitrogen and oxygen atoms in total. The molecule has 2 rings (SSSR count). The van der Waals surface area contributed by atoms with Gasteiger partial charge in [-0.2, -0.15) is 5.48 Å². The number of phenolic OH excluding ortho intramolecular Hbond substituents is 1. The molecule has 0 bridgehead atoms. The number of hydrogen-bond donors (Lipinski definition) is 2. The van der Waals surface area contributed by atoms with Crippen molar-refractivity contribution >= 4 is 11.8 Å². The molecule has 3 N–H and O–H groups in total. The Bertz CT molecular complexity index is 588. The van der Waals surface area contributed by atoms with E-state index >= 15 is 0 Å². The molecule has 1 fully saturated rings. The first-order chi connectivity index (χ1) is 12.2. The topological polar surface area (TPSA) is 75.6 Å². The van der Waals surface area contributed by atoms with Crippen molar-refractivity contribution in [3.8, 4) is 5.75 Å². The Morgan fingerprint density at radius 1 is 1.23 bits per heavy atom. The second kappa shape index (κ2) is 9.78. The SMILES string of the molecule is CC.CO[NH2+]c1cc(C2CCN(C(=O)OC(C)(C)C)CC2)cc(C)c1O. The van der Waals surface area contributed by atoms with Crippen LogP contribution in [0.25, 0.3) is 0 Å². The van der Waals surface area contributed by atoms with Crippen molar-refractivity contribution in [1.29, 1.82) is 0 Å². The number of piperidine rings is 1. The maximum Gasteiger partial charge on any atom is 0.410 e. The fourth-order valence-corrected chi connectivity index (χ4v) is 3.01. The summed E-state index contributed by atoms with van der Waals surface area (Å²) in [6.45, 7) is 12.9. The molecule has 0 atom stereocenters. The van der Waals surface area contributed by atoms with Gasteiger partial charge in [-0.3, -0.25) is 0 Å². The van der Waals surface area contributed by atoms with Crippen molar-refractivity contribution in [3.63, 3.8) is 0 Å². The van der Waals surface area contributed by atoms with Gasteiger partial charge in [-0.05, 0) is 57.6 Å². The van der Waals surface area contributed by atoms with Crippen LogP contribution in [0.15, 0.2) is 12.1 Å². The fraction of sp³-hybridized carbons (Fsp3) is 0.650. The summed E-state index contributed by atoms with van der Waals surface area (Å²) < 4.78 is 5.44. The van der Waals surface area contributed by atoms with Crippen LogP contribution in [0.5, 0.6) is 5.75 Å². The van der Waals surface area contributed by atoms with Gasteiger partial charge in [-0.15, -0.1) is 0 Å². The molecule has 0 aromatic heterocycles. The minimum atomic E-state index is -0.465. The Kier molecular flexibility index (Phi) is 8.37. The zero-order valence-electron chi connectivity index (χ0n) is 17.3. The van der Waals surface area contributed by atoms with Gasteiger partial charge in [0, 0.05) is 19.2 Å². The highest BCUT2D eigenvalue weighted by molar-refractivity contribution is 5.68. The molecule has 0 aliphatic carbocycles. The smallest absolute Gasteiger partial charge is 0.410 e. The van der Waals surface area contributed by atoms with E-state index in [1.54, 1.807) is 17.5 Å². The molecular weight excluding hydrogens is 332 g/mol. The summed E-state index contributed by atoms with van der Waals surface area (Å²) in [5.74, 6) is 0.624. The maximum atomic E-state index is 12.1. The monoisotopic (exact) mass is 367 g/mol. The predicted octanol–water partition coefficient (Wildman–Crippen LogP) is 3.60. The molecule has 1 amide bonds. The third-order valence-corrected chi connectivity index (χ3v) is 4.22. The molecule has 6 heteroatoms. The largest absolute Gasteiger partial charge is 0.502 e. The highest BCUT2D eigenvalue weighted by Gasteiger charge is 2.28. The highest BCUT2D eigenvalue weighted by atomic mass is 16.6. The van der Waals surface area contributed by atoms with Crippen LogP contribution in [-0.2, 0) is 9.57 Å². The summed E-state index contributed by atoms with van der Waals surface area (Å²) >= 11 is 0. The van der Waals surface area contributed by atoms with Gasteiger partial charge in [0.1, 0.15) is 5.60 Å². The minimum absolute atomic E-state index is 0.240. The molecule has 1 saturated heterocycles. The lowest BCUT2D eigenvalue weighted by atomic mass is 9.88. The molecule has 1 aromatic carbocycles. The molecule has 1 aliphatic rings. The van der Waals surface area contributed by atoms with E-state index in [2.05, 4.69) is 0 Å². The highest BCUT2D eigenvalue weighted by Crippen LogP contribution is 2.34. The van der Waals surface area contributed by atoms with Crippen molar-refractivity contribution in [3.05, 3.63) is 23.3 Å². The molecular formula is C20H35N2O4+. The average molecular weight is 368 g/mol. The van der Waals surface area contributed by atoms with Gasteiger partial charge in [-0.1, -0.05) is 19.9 Å². The average Bonchev–Trinajstić information content (AvgIpc) is 2.59. The van der Waals surface area contributed by atoms with Crippen LogP contribution in [0, 0.1) is 6.92 Å². The summed E-state index contributed by atoms with van der Waals surface area (Å²) in [5, 5.41) is 10.1. The van der Waals surface area contributed by atoms with Crippen molar-refractivity contribution in [1.82, 2.24) is 4.90 Å². The van der Waals surface area contributed by atoms with Crippen LogP contribution < -0.4 is 5.48 Å². The van der Waals surface area contributed by atoms with Gasteiger partial charge >= 0.3 is 6.09 Å². The van der Waals surface area contributed by atoms with Crippen LogP contribution in [0.2, 0.25) is 0 Å². The van der Waals surface area contributed by atoms with Crippen LogP contribution >= 0.6 is 0 Å². The van der Waals surface area contributed by atoms with Gasteiger partial charge in [0.2, 0.25) is 5.69 Å². The van der Waals surface area contributed by atoms with Gasteiger partial charge < -0.3 is 14.7 Å². The first-order valence-electron chi connectivity index (χ1n) is 9.38. The van der Waals surface area contributed by atoms with E-state index in [9.17, 15) is 9.90 Å². The second-order valence-corrected chi connectivity index (χ2v) is 7.37. The molecule has 0 unspecified atom stereocenters. The number of carbonyl (C=O) groups excluding carboxylic acids is 1. The molecule has 0 radical (unpaired) electrons. The van der Waals surface area contributed by atoms with Crippen molar-refractivity contribution < 1.29 is 25.0 Å². The van der Waals surface area contributed by atoms with Gasteiger partial charge in [0.25, 0.3) is 0 Å². The number of nitrogens with two attached hydrogens (primary N) is 1. The normalized spacial score (nSPS) is 15.3. The van der Waals surface area contributed by atoms with E-state index in [4.69, 9.17) is 9.57 Å². The molecule has 1 heterocycles. The maximum absolute atomic E-state index is 12.1. The summed E-state index contributed by atoms with van der Waals surface area (Å²) in [4.78, 5) is 19.0. The van der Waals surface area contributed by atoms with Crippen molar-refractivity contribution in [2.24, 2.45) is 0 Å². The summed E-state index contributed by atoms with van der Waals surface area (Å²) in [6, 6.07) is 4.00. The first-order valence-corrected chi connectivity index (χ1v) is 9.38. The van der Waals surface area contributed by atoms with Crippen molar-refractivity contribution in [2.45, 2.75) is 65.9 Å². The molecule has 26 heavy (non-hydrogen) atoms. The Morgan fingerprint density at radius 3 is 2.31 bits per heavy atom. The third-order valence-electron chi connectivity index (χ3n) is 4.22. The third kappa shape index (κ3) is 6.18. The number of amides is 1. The van der Waals surface area contributed by atoms with Gasteiger partial charge in [-0.25, -0.2) is 9.63 Å². The van der Waals surface area contributed by atoms with Crippen LogP contribution in [-0.4, -0.2) is 41.9 Å². The van der Waals surface area contributed by atoms with E-state index in [1.807, 2.05) is 53.7 Å². The number of rotatable bonds is 3. The predicted molar refractivity (Wildman–Crippen MR) is 103 cm³/mol. The van der Waals surface area contributed by atoms with E-state index in [0.717, 1.165) is 18.4 Å². The number of ether oxygens (including phenoxy) is 1. The Labute approximate surface area is 157 Å². The number of nitrogens with zero attached hydrogens (tertiary/aromatic N) is 1. The van der Waals surface area contributed by atoms with E-state index in [0.29, 0.717) is 24.7 Å². The number of aryl methyl sites for hydroxylation is 1. The lowest BCUT2D eigenvalue weighted by Gasteiger charge is -2.33. The number of benzene rings is 1. The second-order valence-electron chi connectivity index (χ2n) is 7.37. The molecule has 148 valence electrons. The summed E-state index contributed by atoms with van der Waals surface area (Å²) in [5.41, 5.74) is 3.80. The van der Waals surface area contributed by atoms with E-state index < -0.39 is 5.60 Å². The molecule has 0 saturated carbocycles. The lowest BCUT2D eigenvalue weighted by Crippen LogP contribution is -2.76. The number of quaternary nitrogens is 1. The number of phenols is 1. The number of carbonyl (C=O) groups is 1. The zero-order valence-corrected chi connectivity index (χ0v) is 17.3. The quantitative estimate of drug-likeness (QED) is 0.486. The first kappa shape index (κ1) is 22.3. The number of hydrogen-bond acceptors (Lipinski definition) is 4. The van der Waals surface area contributed by atoms with Gasteiger partial charge in [0.15, 0.2) is 5.75 Å². The summed E-state index contributed by atoms with van der Waals surface area (Å²) in [7, 11) is 1.57.